The Hall–Kier alpha value is -2.44. The van der Waals surface area contributed by atoms with Crippen LogP contribution in [0.1, 0.15) is 36.8 Å². The first-order valence-corrected chi connectivity index (χ1v) is 12.2. The van der Waals surface area contributed by atoms with Gasteiger partial charge in [-0.2, -0.15) is 4.98 Å². The zero-order valence-electron chi connectivity index (χ0n) is 20.1. The molecule has 10 nitrogen and oxygen atoms in total. The van der Waals surface area contributed by atoms with E-state index in [1.54, 1.807) is 7.11 Å². The van der Waals surface area contributed by atoms with Crippen LogP contribution in [0.25, 0.3) is 20.8 Å². The van der Waals surface area contributed by atoms with Crippen LogP contribution in [-0.4, -0.2) is 73.4 Å². The third-order valence-electron chi connectivity index (χ3n) is 6.18. The van der Waals surface area contributed by atoms with Crippen LogP contribution >= 0.6 is 11.3 Å². The monoisotopic (exact) mass is 488 g/mol. The second-order valence-corrected chi connectivity index (χ2v) is 10.1. The minimum atomic E-state index is -1.64. The van der Waals surface area contributed by atoms with E-state index in [1.807, 2.05) is 33.8 Å². The van der Waals surface area contributed by atoms with Crippen molar-refractivity contribution in [1.82, 2.24) is 19.9 Å². The summed E-state index contributed by atoms with van der Waals surface area (Å²) in [6.07, 6.45) is -0.386. The van der Waals surface area contributed by atoms with E-state index in [4.69, 9.17) is 9.72 Å². The third kappa shape index (κ3) is 4.71. The fourth-order valence-electron chi connectivity index (χ4n) is 4.47. The molecule has 0 radical (unpaired) electrons. The molecule has 4 unspecified atom stereocenters. The van der Waals surface area contributed by atoms with Gasteiger partial charge in [-0.05, 0) is 46.6 Å². The van der Waals surface area contributed by atoms with Gasteiger partial charge in [0.2, 0.25) is 5.95 Å². The Labute approximate surface area is 202 Å². The first-order chi connectivity index (χ1) is 16.1. The molecule has 3 aromatic rings. The van der Waals surface area contributed by atoms with Gasteiger partial charge in [0.05, 0.1) is 28.3 Å². The predicted octanol–water partition coefficient (Wildman–Crippen LogP) is 2.38. The van der Waals surface area contributed by atoms with Crippen molar-refractivity contribution in [3.63, 3.8) is 0 Å². The second kappa shape index (κ2) is 9.67. The van der Waals surface area contributed by atoms with Crippen molar-refractivity contribution in [2.75, 3.05) is 31.0 Å². The number of thiazole rings is 1. The lowest BCUT2D eigenvalue weighted by atomic mass is 10.0. The Morgan fingerprint density at radius 3 is 2.65 bits per heavy atom. The lowest BCUT2D eigenvalue weighted by molar-refractivity contribution is -0.0545. The molecule has 0 aliphatic heterocycles. The highest BCUT2D eigenvalue weighted by atomic mass is 32.1. The van der Waals surface area contributed by atoms with E-state index in [2.05, 4.69) is 25.6 Å². The van der Waals surface area contributed by atoms with Gasteiger partial charge in [0.1, 0.15) is 22.4 Å². The van der Waals surface area contributed by atoms with Crippen molar-refractivity contribution in [3.8, 4) is 10.6 Å². The van der Waals surface area contributed by atoms with Gasteiger partial charge in [0.25, 0.3) is 0 Å². The number of aromatic nitrogens is 4. The molecule has 4 atom stereocenters. The molecule has 0 amide bonds. The van der Waals surface area contributed by atoms with Gasteiger partial charge in [0.15, 0.2) is 5.72 Å². The molecule has 1 fully saturated rings. The smallest absolute Gasteiger partial charge is 0.225 e. The van der Waals surface area contributed by atoms with Crippen molar-refractivity contribution < 1.29 is 20.1 Å². The van der Waals surface area contributed by atoms with Crippen LogP contribution in [-0.2, 0) is 4.74 Å². The molecular formula is C23H32N6O4S. The Balaban J connectivity index is 1.81. The van der Waals surface area contributed by atoms with Crippen molar-refractivity contribution in [2.45, 2.75) is 58.4 Å². The largest absolute Gasteiger partial charge is 0.396 e. The maximum atomic E-state index is 11.3. The zero-order chi connectivity index (χ0) is 24.6. The molecule has 184 valence electrons. The number of nitrogens with zero attached hydrogens (tertiary/aromatic N) is 4. The third-order valence-corrected chi connectivity index (χ3v) is 7.20. The number of aliphatic hydroxyl groups excluding tert-OH is 2. The molecule has 0 saturated heterocycles. The zero-order valence-corrected chi connectivity index (χ0v) is 20.9. The molecule has 0 aromatic carbocycles. The Morgan fingerprint density at radius 1 is 1.21 bits per heavy atom. The van der Waals surface area contributed by atoms with Gasteiger partial charge in [0, 0.05) is 31.4 Å². The number of anilines is 2. The summed E-state index contributed by atoms with van der Waals surface area (Å²) in [5.74, 6) is 0.321. The molecule has 3 aromatic heterocycles. The summed E-state index contributed by atoms with van der Waals surface area (Å²) in [5, 5.41) is 38.5. The molecule has 3 heterocycles. The number of fused-ring (bicyclic) bond motifs is 1. The summed E-state index contributed by atoms with van der Waals surface area (Å²) in [5.41, 5.74) is 2.25. The van der Waals surface area contributed by atoms with Crippen LogP contribution in [0.4, 0.5) is 11.8 Å². The molecule has 1 aliphatic rings. The fraction of sp³-hybridized carbons (Fsp3) is 0.565. The molecule has 0 spiro atoms. The predicted molar refractivity (Wildman–Crippen MR) is 132 cm³/mol. The fourth-order valence-corrected chi connectivity index (χ4v) is 5.68. The number of pyridine rings is 1. The first kappa shape index (κ1) is 24.7. The molecule has 4 rings (SSSR count). The minimum absolute atomic E-state index is 0.0406. The Bertz CT molecular complexity index is 1190. The second-order valence-electron chi connectivity index (χ2n) is 9.05. The van der Waals surface area contributed by atoms with Gasteiger partial charge < -0.3 is 30.7 Å². The average Bonchev–Trinajstić information content (AvgIpc) is 3.29. The first-order valence-electron chi connectivity index (χ1n) is 11.3. The van der Waals surface area contributed by atoms with E-state index in [0.29, 0.717) is 41.1 Å². The summed E-state index contributed by atoms with van der Waals surface area (Å²) in [7, 11) is 1.63. The normalized spacial score (nSPS) is 23.4. The number of hydrogen-bond acceptors (Lipinski definition) is 11. The number of methoxy groups -OCH3 is 1. The Morgan fingerprint density at radius 2 is 1.97 bits per heavy atom. The molecule has 34 heavy (non-hydrogen) atoms. The molecular weight excluding hydrogens is 456 g/mol. The molecule has 5 N–H and O–H groups in total. The van der Waals surface area contributed by atoms with Crippen molar-refractivity contribution in [1.29, 1.82) is 0 Å². The van der Waals surface area contributed by atoms with Crippen LogP contribution in [0, 0.1) is 26.7 Å². The van der Waals surface area contributed by atoms with Crippen LogP contribution < -0.4 is 10.6 Å². The number of aryl methyl sites for hydroxylation is 3. The van der Waals surface area contributed by atoms with Crippen LogP contribution in [0.3, 0.4) is 0 Å². The minimum Gasteiger partial charge on any atom is -0.396 e. The standard InChI is InChI=1S/C23H32N6O4S/c1-11-8-16-18(14(4)24-11)27-21(34-16)17-13(3)26-22(25-12(2)10-33-5)28-20(17)29-23(32)7-6-15(9-30)19(23)31/h8,12,15,19,30-32H,6-7,9-10H2,1-5H3,(H2,25,26,28,29). The van der Waals surface area contributed by atoms with Crippen molar-refractivity contribution >= 4 is 33.3 Å². The quantitative estimate of drug-likeness (QED) is 0.300. The van der Waals surface area contributed by atoms with Gasteiger partial charge >= 0.3 is 0 Å². The SMILES string of the molecule is COCC(C)Nc1nc(C)c(-c2nc3c(C)nc(C)cc3s2)c(NC2(O)CCC(CO)C2O)n1. The summed E-state index contributed by atoms with van der Waals surface area (Å²) in [6, 6.07) is 1.95. The van der Waals surface area contributed by atoms with Gasteiger partial charge in [-0.15, -0.1) is 11.3 Å². The van der Waals surface area contributed by atoms with E-state index >= 15 is 0 Å². The van der Waals surface area contributed by atoms with Crippen molar-refractivity contribution in [3.05, 3.63) is 23.1 Å². The van der Waals surface area contributed by atoms with E-state index in [1.165, 1.54) is 11.3 Å². The number of aliphatic hydroxyl groups is 3. The lowest BCUT2D eigenvalue weighted by Gasteiger charge is -2.31. The number of rotatable bonds is 8. The molecule has 1 saturated carbocycles. The highest BCUT2D eigenvalue weighted by molar-refractivity contribution is 7.21. The summed E-state index contributed by atoms with van der Waals surface area (Å²) < 4.78 is 6.20. The topological polar surface area (TPSA) is 146 Å². The summed E-state index contributed by atoms with van der Waals surface area (Å²) in [4.78, 5) is 18.6. The molecule has 1 aliphatic carbocycles. The van der Waals surface area contributed by atoms with Crippen LogP contribution in [0.5, 0.6) is 0 Å². The summed E-state index contributed by atoms with van der Waals surface area (Å²) in [6.45, 7) is 7.96. The Kier molecular flexibility index (Phi) is 7.02. The number of hydrogen-bond donors (Lipinski definition) is 5. The highest BCUT2D eigenvalue weighted by Crippen LogP contribution is 2.41. The summed E-state index contributed by atoms with van der Waals surface area (Å²) >= 11 is 1.50. The van der Waals surface area contributed by atoms with Crippen molar-refractivity contribution in [2.24, 2.45) is 5.92 Å². The molecule has 0 bridgehead atoms. The van der Waals surface area contributed by atoms with E-state index < -0.39 is 17.7 Å². The number of ether oxygens (including phenoxy) is 1. The highest BCUT2D eigenvalue weighted by Gasteiger charge is 2.47. The van der Waals surface area contributed by atoms with Gasteiger partial charge in [-0.1, -0.05) is 0 Å². The van der Waals surface area contributed by atoms with Crippen LogP contribution in [0.15, 0.2) is 6.07 Å². The average molecular weight is 489 g/mol. The van der Waals surface area contributed by atoms with Crippen LogP contribution in [0.2, 0.25) is 0 Å². The van der Waals surface area contributed by atoms with Gasteiger partial charge in [-0.25, -0.2) is 9.97 Å². The number of nitrogens with one attached hydrogen (secondary N) is 2. The van der Waals surface area contributed by atoms with E-state index in [0.717, 1.165) is 21.6 Å². The van der Waals surface area contributed by atoms with E-state index in [9.17, 15) is 15.3 Å². The van der Waals surface area contributed by atoms with Gasteiger partial charge in [-0.3, -0.25) is 4.98 Å². The maximum absolute atomic E-state index is 11.3. The van der Waals surface area contributed by atoms with E-state index in [-0.39, 0.29) is 19.1 Å². The lowest BCUT2D eigenvalue weighted by Crippen LogP contribution is -2.48. The maximum Gasteiger partial charge on any atom is 0.225 e. The molecule has 11 heteroatoms.